The summed E-state index contributed by atoms with van der Waals surface area (Å²) in [6.45, 7) is 9.65. The molecule has 0 saturated carbocycles. The number of nitrogens with zero attached hydrogens (tertiary/aromatic N) is 1. The van der Waals surface area contributed by atoms with Crippen molar-refractivity contribution < 1.29 is 9.18 Å². The molecule has 30 heavy (non-hydrogen) atoms. The van der Waals surface area contributed by atoms with Crippen molar-refractivity contribution in [2.24, 2.45) is 5.41 Å². The van der Waals surface area contributed by atoms with E-state index < -0.39 is 0 Å². The van der Waals surface area contributed by atoms with Crippen molar-refractivity contribution in [2.45, 2.75) is 33.4 Å². The van der Waals surface area contributed by atoms with E-state index in [1.54, 1.807) is 12.1 Å². The summed E-state index contributed by atoms with van der Waals surface area (Å²) < 4.78 is 13.3. The van der Waals surface area contributed by atoms with Gasteiger partial charge in [-0.25, -0.2) is 4.39 Å². The summed E-state index contributed by atoms with van der Waals surface area (Å²) in [5.74, 6) is 2.03. The lowest BCUT2D eigenvalue weighted by molar-refractivity contribution is -0.115. The van der Waals surface area contributed by atoms with Gasteiger partial charge in [-0.2, -0.15) is 11.8 Å². The van der Waals surface area contributed by atoms with E-state index in [0.717, 1.165) is 30.9 Å². The average molecular weight is 430 g/mol. The zero-order valence-corrected chi connectivity index (χ0v) is 18.9. The molecule has 2 aromatic carbocycles. The predicted octanol–water partition coefficient (Wildman–Crippen LogP) is 4.69. The molecule has 1 aliphatic heterocycles. The van der Waals surface area contributed by atoms with Gasteiger partial charge in [0.05, 0.1) is 6.54 Å². The molecule has 0 radical (unpaired) electrons. The van der Waals surface area contributed by atoms with Gasteiger partial charge in [0.15, 0.2) is 0 Å². The van der Waals surface area contributed by atoms with Crippen LogP contribution in [0.1, 0.15) is 37.9 Å². The van der Waals surface area contributed by atoms with E-state index >= 15 is 0 Å². The number of amides is 1. The minimum Gasteiger partial charge on any atom is -0.325 e. The molecule has 1 fully saturated rings. The first kappa shape index (κ1) is 22.8. The fourth-order valence-electron chi connectivity index (χ4n) is 3.74. The maximum atomic E-state index is 13.3. The fraction of sp³-hybridized carbons (Fsp3) is 0.458. The summed E-state index contributed by atoms with van der Waals surface area (Å²) in [5.41, 5.74) is 2.88. The number of anilines is 1. The molecular weight excluding hydrogens is 397 g/mol. The van der Waals surface area contributed by atoms with Crippen LogP contribution in [-0.2, 0) is 11.3 Å². The van der Waals surface area contributed by atoms with Gasteiger partial charge in [-0.1, -0.05) is 45.0 Å². The lowest BCUT2D eigenvalue weighted by Crippen LogP contribution is -2.37. The van der Waals surface area contributed by atoms with E-state index in [2.05, 4.69) is 48.4 Å². The molecule has 1 atom stereocenters. The Morgan fingerprint density at radius 1 is 1.13 bits per heavy atom. The Balaban J connectivity index is 1.57. The summed E-state index contributed by atoms with van der Waals surface area (Å²) in [6.07, 6.45) is 0. The van der Waals surface area contributed by atoms with Crippen LogP contribution >= 0.6 is 11.8 Å². The minimum atomic E-state index is -0.257. The molecule has 1 amide bonds. The van der Waals surface area contributed by atoms with Crippen LogP contribution in [0, 0.1) is 11.2 Å². The normalized spacial score (nSPS) is 16.3. The van der Waals surface area contributed by atoms with Crippen molar-refractivity contribution in [3.05, 3.63) is 65.5 Å². The summed E-state index contributed by atoms with van der Waals surface area (Å²) in [4.78, 5) is 15.0. The lowest BCUT2D eigenvalue weighted by Gasteiger charge is -2.32. The van der Waals surface area contributed by atoms with Gasteiger partial charge in [-0.3, -0.25) is 9.69 Å². The quantitative estimate of drug-likeness (QED) is 0.670. The molecule has 162 valence electrons. The van der Waals surface area contributed by atoms with E-state index in [9.17, 15) is 9.18 Å². The number of hydrogen-bond acceptors (Lipinski definition) is 4. The van der Waals surface area contributed by atoms with Gasteiger partial charge in [-0.05, 0) is 40.8 Å². The summed E-state index contributed by atoms with van der Waals surface area (Å²) in [5, 5.41) is 6.35. The second kappa shape index (κ2) is 10.4. The largest absolute Gasteiger partial charge is 0.325 e. The highest BCUT2D eigenvalue weighted by molar-refractivity contribution is 7.99. The molecule has 0 bridgehead atoms. The number of halogens is 1. The number of nitrogens with one attached hydrogen (secondary N) is 2. The monoisotopic (exact) mass is 429 g/mol. The number of hydrogen-bond donors (Lipinski definition) is 2. The molecule has 2 N–H and O–H groups in total. The highest BCUT2D eigenvalue weighted by Crippen LogP contribution is 2.32. The van der Waals surface area contributed by atoms with Crippen LogP contribution < -0.4 is 10.6 Å². The van der Waals surface area contributed by atoms with Crippen LogP contribution in [0.5, 0.6) is 0 Å². The molecule has 4 nitrogen and oxygen atoms in total. The number of thioether (sulfide) groups is 1. The van der Waals surface area contributed by atoms with Crippen molar-refractivity contribution in [3.8, 4) is 0 Å². The summed E-state index contributed by atoms with van der Waals surface area (Å²) in [6, 6.07) is 14.5. The van der Waals surface area contributed by atoms with Crippen LogP contribution in [0.4, 0.5) is 10.1 Å². The molecule has 0 aromatic heterocycles. The van der Waals surface area contributed by atoms with E-state index in [4.69, 9.17) is 0 Å². The first-order valence-electron chi connectivity index (χ1n) is 10.5. The number of carbonyl (C=O) groups excluding carboxylic acids is 1. The van der Waals surface area contributed by atoms with Crippen molar-refractivity contribution in [1.82, 2.24) is 10.2 Å². The molecule has 1 unspecified atom stereocenters. The Morgan fingerprint density at radius 3 is 2.50 bits per heavy atom. The molecule has 2 aromatic rings. The van der Waals surface area contributed by atoms with E-state index in [1.165, 1.54) is 29.2 Å². The molecule has 1 aliphatic rings. The van der Waals surface area contributed by atoms with Gasteiger partial charge >= 0.3 is 0 Å². The standard InChI is InChI=1S/C24H32FN3OS/c1-24(2,3)23(19-7-9-20(25)10-8-19)26-16-22(29)27-21-6-4-5-18(15-21)17-28-11-13-30-14-12-28/h4-10,15,23,26H,11-14,16-17H2,1-3H3,(H,27,29). The predicted molar refractivity (Wildman–Crippen MR) is 124 cm³/mol. The van der Waals surface area contributed by atoms with Crippen LogP contribution in [0.3, 0.4) is 0 Å². The maximum absolute atomic E-state index is 13.3. The zero-order chi connectivity index (χ0) is 21.6. The van der Waals surface area contributed by atoms with Gasteiger partial charge in [0, 0.05) is 42.9 Å². The van der Waals surface area contributed by atoms with Gasteiger partial charge in [-0.15, -0.1) is 0 Å². The van der Waals surface area contributed by atoms with Crippen LogP contribution in [0.2, 0.25) is 0 Å². The number of rotatable bonds is 7. The van der Waals surface area contributed by atoms with Crippen molar-refractivity contribution in [2.75, 3.05) is 36.5 Å². The Bertz CT molecular complexity index is 829. The molecule has 1 saturated heterocycles. The van der Waals surface area contributed by atoms with Crippen LogP contribution in [-0.4, -0.2) is 41.9 Å². The Kier molecular flexibility index (Phi) is 7.92. The third-order valence-corrected chi connectivity index (χ3v) is 6.20. The molecule has 0 aliphatic carbocycles. The van der Waals surface area contributed by atoms with E-state index in [0.29, 0.717) is 0 Å². The Labute approximate surface area is 183 Å². The van der Waals surface area contributed by atoms with Crippen molar-refractivity contribution >= 4 is 23.4 Å². The average Bonchev–Trinajstić information content (AvgIpc) is 2.69. The fourth-order valence-corrected chi connectivity index (χ4v) is 4.72. The Morgan fingerprint density at radius 2 is 1.83 bits per heavy atom. The Hall–Kier alpha value is -1.89. The van der Waals surface area contributed by atoms with Crippen LogP contribution in [0.25, 0.3) is 0 Å². The zero-order valence-electron chi connectivity index (χ0n) is 18.1. The second-order valence-electron chi connectivity index (χ2n) is 8.87. The topological polar surface area (TPSA) is 44.4 Å². The summed E-state index contributed by atoms with van der Waals surface area (Å²) >= 11 is 2.00. The van der Waals surface area contributed by atoms with Gasteiger partial charge in [0.2, 0.25) is 5.91 Å². The molecule has 1 heterocycles. The van der Waals surface area contributed by atoms with E-state index in [-0.39, 0.29) is 29.7 Å². The van der Waals surface area contributed by atoms with Gasteiger partial charge < -0.3 is 10.6 Å². The smallest absolute Gasteiger partial charge is 0.238 e. The van der Waals surface area contributed by atoms with E-state index in [1.807, 2.05) is 23.9 Å². The third-order valence-electron chi connectivity index (χ3n) is 5.26. The highest BCUT2D eigenvalue weighted by Gasteiger charge is 2.26. The number of benzene rings is 2. The second-order valence-corrected chi connectivity index (χ2v) is 10.1. The third kappa shape index (κ3) is 6.83. The maximum Gasteiger partial charge on any atom is 0.238 e. The molecule has 3 rings (SSSR count). The first-order valence-corrected chi connectivity index (χ1v) is 11.6. The van der Waals surface area contributed by atoms with Crippen LogP contribution in [0.15, 0.2) is 48.5 Å². The SMILES string of the molecule is CC(C)(C)C(NCC(=O)Nc1cccc(CN2CCSCC2)c1)c1ccc(F)cc1. The lowest BCUT2D eigenvalue weighted by atomic mass is 9.82. The van der Waals surface area contributed by atoms with Crippen molar-refractivity contribution in [1.29, 1.82) is 0 Å². The first-order chi connectivity index (χ1) is 14.3. The molecule has 6 heteroatoms. The van der Waals surface area contributed by atoms with Gasteiger partial charge in [0.25, 0.3) is 0 Å². The highest BCUT2D eigenvalue weighted by atomic mass is 32.2. The van der Waals surface area contributed by atoms with Crippen molar-refractivity contribution in [3.63, 3.8) is 0 Å². The molecular formula is C24H32FN3OS. The minimum absolute atomic E-state index is 0.0628. The molecule has 0 spiro atoms. The summed E-state index contributed by atoms with van der Waals surface area (Å²) in [7, 11) is 0. The number of carbonyl (C=O) groups is 1. The van der Waals surface area contributed by atoms with Gasteiger partial charge in [0.1, 0.15) is 5.82 Å².